The largest absolute Gasteiger partial charge is 0.462 e. The molecule has 0 heterocycles. The predicted octanol–water partition coefficient (Wildman–Crippen LogP) is 20.3. The van der Waals surface area contributed by atoms with Crippen LogP contribution in [0.1, 0.15) is 290 Å². The third kappa shape index (κ3) is 57.4. The molecule has 0 radical (unpaired) electrons. The Bertz CT molecular complexity index is 1370. The minimum absolute atomic E-state index is 0.101. The van der Waals surface area contributed by atoms with Gasteiger partial charge in [0.15, 0.2) is 6.10 Å². The van der Waals surface area contributed by atoms with E-state index in [2.05, 4.69) is 106 Å². The van der Waals surface area contributed by atoms with E-state index in [0.717, 1.165) is 77.0 Å². The summed E-state index contributed by atoms with van der Waals surface area (Å²) in [5.74, 6) is -0.958. The molecule has 0 amide bonds. The summed E-state index contributed by atoms with van der Waals surface area (Å²) in [4.78, 5) is 38.2. The fraction of sp³-hybridized carbons (Fsp3) is 0.738. The summed E-state index contributed by atoms with van der Waals surface area (Å²) in [7, 11) is 0. The number of carbonyl (C=O) groups excluding carboxylic acids is 3. The normalized spacial score (nSPS) is 12.7. The van der Waals surface area contributed by atoms with Gasteiger partial charge in [0.05, 0.1) is 0 Å². The molecule has 0 aliphatic carbocycles. The number of hydrogen-bond donors (Lipinski definition) is 0. The average molecular weight is 990 g/mol. The van der Waals surface area contributed by atoms with Gasteiger partial charge < -0.3 is 14.2 Å². The zero-order chi connectivity index (χ0) is 51.4. The Balaban J connectivity index is 4.45. The van der Waals surface area contributed by atoms with Crippen molar-refractivity contribution in [2.45, 2.75) is 297 Å². The topological polar surface area (TPSA) is 78.9 Å². The molecule has 6 nitrogen and oxygen atoms in total. The molecule has 0 aromatic rings. The SMILES string of the molecule is CC/C=C\C/C=C\C/C=C\C/C=C\C/C=C\CCCC(=O)O[C@H](COC(=O)CCCCCCCCC/C=C\CCCCCCCC)COC(=O)CCCCCCCCCCC/C=C\CCCCCCCC. The van der Waals surface area contributed by atoms with Crippen molar-refractivity contribution in [2.75, 3.05) is 13.2 Å². The van der Waals surface area contributed by atoms with Gasteiger partial charge in [-0.25, -0.2) is 0 Å². The van der Waals surface area contributed by atoms with E-state index in [4.69, 9.17) is 14.2 Å². The summed E-state index contributed by atoms with van der Waals surface area (Å²) in [6, 6.07) is 0. The van der Waals surface area contributed by atoms with E-state index in [0.29, 0.717) is 19.3 Å². The maximum Gasteiger partial charge on any atom is 0.306 e. The Hall–Kier alpha value is -3.41. The van der Waals surface area contributed by atoms with Crippen LogP contribution in [0.4, 0.5) is 0 Å². The summed E-state index contributed by atoms with van der Waals surface area (Å²) in [5.41, 5.74) is 0. The smallest absolute Gasteiger partial charge is 0.306 e. The zero-order valence-electron chi connectivity index (χ0n) is 46.7. The molecule has 0 saturated heterocycles. The number of ether oxygens (including phenoxy) is 3. The number of hydrogen-bond acceptors (Lipinski definition) is 6. The quantitative estimate of drug-likeness (QED) is 0.0261. The van der Waals surface area contributed by atoms with Gasteiger partial charge in [0.1, 0.15) is 13.2 Å². The van der Waals surface area contributed by atoms with Crippen LogP contribution in [0.15, 0.2) is 85.1 Å². The molecule has 0 fully saturated rings. The molecule has 0 aromatic carbocycles. The lowest BCUT2D eigenvalue weighted by Crippen LogP contribution is -2.30. The fourth-order valence-electron chi connectivity index (χ4n) is 8.35. The van der Waals surface area contributed by atoms with Crippen LogP contribution in [-0.2, 0) is 28.6 Å². The molecule has 71 heavy (non-hydrogen) atoms. The summed E-state index contributed by atoms with van der Waals surface area (Å²) in [6.45, 7) is 6.49. The number of esters is 3. The van der Waals surface area contributed by atoms with Crippen molar-refractivity contribution in [3.63, 3.8) is 0 Å². The molecule has 1 atom stereocenters. The molecule has 0 N–H and O–H groups in total. The van der Waals surface area contributed by atoms with E-state index in [1.807, 2.05) is 0 Å². The molecule has 0 rings (SSSR count). The highest BCUT2D eigenvalue weighted by Crippen LogP contribution is 2.15. The van der Waals surface area contributed by atoms with Gasteiger partial charge in [-0.15, -0.1) is 0 Å². The molecule has 0 aromatic heterocycles. The van der Waals surface area contributed by atoms with E-state index >= 15 is 0 Å². The van der Waals surface area contributed by atoms with Crippen LogP contribution in [0.5, 0.6) is 0 Å². The monoisotopic (exact) mass is 989 g/mol. The Morgan fingerprint density at radius 1 is 0.296 bits per heavy atom. The molecule has 0 bridgehead atoms. The van der Waals surface area contributed by atoms with Crippen molar-refractivity contribution in [2.24, 2.45) is 0 Å². The summed E-state index contributed by atoms with van der Waals surface area (Å²) in [5, 5.41) is 0. The molecule has 0 spiro atoms. The second kappa shape index (κ2) is 59.2. The average Bonchev–Trinajstić information content (AvgIpc) is 3.37. The highest BCUT2D eigenvalue weighted by atomic mass is 16.6. The Labute approximate surface area is 439 Å². The molecule has 0 saturated carbocycles. The first-order valence-corrected chi connectivity index (χ1v) is 30.1. The third-order valence-electron chi connectivity index (χ3n) is 12.9. The van der Waals surface area contributed by atoms with Crippen LogP contribution < -0.4 is 0 Å². The second-order valence-electron chi connectivity index (χ2n) is 19.9. The number of unbranched alkanes of at least 4 members (excludes halogenated alkanes) is 29. The zero-order valence-corrected chi connectivity index (χ0v) is 46.7. The van der Waals surface area contributed by atoms with Crippen molar-refractivity contribution in [1.29, 1.82) is 0 Å². The minimum Gasteiger partial charge on any atom is -0.462 e. The molecular formula is C65H112O6. The van der Waals surface area contributed by atoms with E-state index in [9.17, 15) is 14.4 Å². The first kappa shape index (κ1) is 67.6. The molecule has 0 aliphatic heterocycles. The standard InChI is InChI=1S/C65H112O6/c1-4-7-10-13-16-19-22-25-28-31-32-35-37-40-43-46-49-52-55-58-64(67)70-61-62(71-65(68)59-56-53-50-47-44-41-38-34-30-27-24-21-18-15-12-9-6-3)60-69-63(66)57-54-51-48-45-42-39-36-33-29-26-23-20-17-14-11-8-5-2/h9,12,18,21,25-30,38,41,47,50,62H,4-8,10-11,13-17,19-20,22-24,31-37,39-40,42-46,48-49,51-61H2,1-3H3/b12-9-,21-18-,28-25-,29-26-,30-27-,41-38-,50-47-/t62-/m1/s1. The summed E-state index contributed by atoms with van der Waals surface area (Å²) >= 11 is 0. The van der Waals surface area contributed by atoms with E-state index in [-0.39, 0.29) is 37.5 Å². The van der Waals surface area contributed by atoms with E-state index in [1.165, 1.54) is 167 Å². The van der Waals surface area contributed by atoms with Gasteiger partial charge in [-0.1, -0.05) is 247 Å². The fourth-order valence-corrected chi connectivity index (χ4v) is 8.35. The lowest BCUT2D eigenvalue weighted by molar-refractivity contribution is -0.167. The van der Waals surface area contributed by atoms with Gasteiger partial charge in [0, 0.05) is 19.3 Å². The summed E-state index contributed by atoms with van der Waals surface area (Å²) < 4.78 is 16.8. The van der Waals surface area contributed by atoms with Crippen LogP contribution in [0.3, 0.4) is 0 Å². The second-order valence-corrected chi connectivity index (χ2v) is 19.9. The van der Waals surface area contributed by atoms with Crippen molar-refractivity contribution in [3.05, 3.63) is 85.1 Å². The van der Waals surface area contributed by atoms with Gasteiger partial charge in [-0.3, -0.25) is 14.4 Å². The van der Waals surface area contributed by atoms with E-state index in [1.54, 1.807) is 0 Å². The van der Waals surface area contributed by atoms with E-state index < -0.39 is 6.10 Å². The van der Waals surface area contributed by atoms with Crippen molar-refractivity contribution >= 4 is 17.9 Å². The molecule has 0 unspecified atom stereocenters. The van der Waals surface area contributed by atoms with Crippen LogP contribution in [-0.4, -0.2) is 37.2 Å². The number of carbonyl (C=O) groups is 3. The third-order valence-corrected chi connectivity index (χ3v) is 12.9. The van der Waals surface area contributed by atoms with Gasteiger partial charge in [-0.2, -0.15) is 0 Å². The molecular weight excluding hydrogens is 877 g/mol. The lowest BCUT2D eigenvalue weighted by Gasteiger charge is -2.18. The van der Waals surface area contributed by atoms with Gasteiger partial charge in [-0.05, 0) is 109 Å². The highest BCUT2D eigenvalue weighted by molar-refractivity contribution is 5.71. The molecule has 0 aliphatic rings. The van der Waals surface area contributed by atoms with Crippen molar-refractivity contribution < 1.29 is 28.6 Å². The van der Waals surface area contributed by atoms with Crippen molar-refractivity contribution in [1.82, 2.24) is 0 Å². The minimum atomic E-state index is -0.810. The van der Waals surface area contributed by atoms with Crippen LogP contribution >= 0.6 is 0 Å². The first-order chi connectivity index (χ1) is 35.0. The first-order valence-electron chi connectivity index (χ1n) is 30.1. The highest BCUT2D eigenvalue weighted by Gasteiger charge is 2.19. The Morgan fingerprint density at radius 2 is 0.563 bits per heavy atom. The van der Waals surface area contributed by atoms with Gasteiger partial charge in [0.25, 0.3) is 0 Å². The Morgan fingerprint density at radius 3 is 0.915 bits per heavy atom. The van der Waals surface area contributed by atoms with Crippen LogP contribution in [0.2, 0.25) is 0 Å². The summed E-state index contributed by atoms with van der Waals surface area (Å²) in [6.07, 6.45) is 77.2. The lowest BCUT2D eigenvalue weighted by atomic mass is 10.1. The van der Waals surface area contributed by atoms with Crippen molar-refractivity contribution in [3.8, 4) is 0 Å². The van der Waals surface area contributed by atoms with Gasteiger partial charge in [0.2, 0.25) is 0 Å². The van der Waals surface area contributed by atoms with Crippen LogP contribution in [0.25, 0.3) is 0 Å². The molecule has 6 heteroatoms. The molecule has 408 valence electrons. The number of rotatable bonds is 54. The number of allylic oxidation sites excluding steroid dienone is 14. The predicted molar refractivity (Wildman–Crippen MR) is 307 cm³/mol. The van der Waals surface area contributed by atoms with Crippen LogP contribution in [0, 0.1) is 0 Å². The maximum absolute atomic E-state index is 12.9. The van der Waals surface area contributed by atoms with Gasteiger partial charge >= 0.3 is 17.9 Å². The Kier molecular flexibility index (Phi) is 56.3. The maximum atomic E-state index is 12.9.